The molecular formula is C23H28N4O4. The molecule has 8 nitrogen and oxygen atoms in total. The van der Waals surface area contributed by atoms with Crippen molar-refractivity contribution in [2.75, 3.05) is 24.5 Å². The van der Waals surface area contributed by atoms with Crippen molar-refractivity contribution in [3.63, 3.8) is 0 Å². The topological polar surface area (TPSA) is 91.9 Å². The Hall–Kier alpha value is -3.52. The molecule has 0 aliphatic carbocycles. The van der Waals surface area contributed by atoms with Gasteiger partial charge in [0.2, 0.25) is 0 Å². The van der Waals surface area contributed by atoms with Crippen LogP contribution in [0.1, 0.15) is 42.3 Å². The van der Waals surface area contributed by atoms with E-state index in [2.05, 4.69) is 37.0 Å². The molecule has 0 saturated heterocycles. The average Bonchev–Trinajstić information content (AvgIpc) is 3.22. The molecule has 0 atom stereocenters. The van der Waals surface area contributed by atoms with Crippen molar-refractivity contribution in [2.45, 2.75) is 33.1 Å². The minimum absolute atomic E-state index is 0.0686. The Morgan fingerprint density at radius 1 is 1.06 bits per heavy atom. The van der Waals surface area contributed by atoms with Gasteiger partial charge in [-0.25, -0.2) is 4.79 Å². The molecule has 0 unspecified atom stereocenters. The molecule has 0 radical (unpaired) electrons. The van der Waals surface area contributed by atoms with Crippen LogP contribution in [0.15, 0.2) is 48.3 Å². The molecule has 0 fully saturated rings. The lowest BCUT2D eigenvalue weighted by Gasteiger charge is -2.21. The van der Waals surface area contributed by atoms with Crippen LogP contribution in [0, 0.1) is 6.92 Å². The summed E-state index contributed by atoms with van der Waals surface area (Å²) in [5.41, 5.74) is 9.61. The molecule has 8 heteroatoms. The zero-order valence-corrected chi connectivity index (χ0v) is 18.6. The van der Waals surface area contributed by atoms with Crippen LogP contribution < -0.4 is 26.0 Å². The number of hydrazine groups is 2. The van der Waals surface area contributed by atoms with Gasteiger partial charge in [-0.3, -0.25) is 15.2 Å². The first kappa shape index (κ1) is 22.2. The zero-order valence-electron chi connectivity index (χ0n) is 18.6. The van der Waals surface area contributed by atoms with Crippen LogP contribution in [0.3, 0.4) is 0 Å². The SMILES string of the molecule is COC(=O)C1=CN(c2cc(C(=O)Nc3cc(C(C)(C)C)ccc3OC)ccc2C)NN1. The number of amides is 1. The fourth-order valence-electron chi connectivity index (χ4n) is 3.13. The molecule has 0 spiro atoms. The molecule has 1 aliphatic rings. The van der Waals surface area contributed by atoms with Gasteiger partial charge in [-0.1, -0.05) is 32.9 Å². The number of aryl methyl sites for hydroxylation is 1. The third-order valence-corrected chi connectivity index (χ3v) is 5.02. The zero-order chi connectivity index (χ0) is 22.8. The van der Waals surface area contributed by atoms with Crippen LogP contribution in [-0.4, -0.2) is 26.1 Å². The summed E-state index contributed by atoms with van der Waals surface area (Å²) < 4.78 is 10.1. The van der Waals surface area contributed by atoms with Crippen LogP contribution >= 0.6 is 0 Å². The summed E-state index contributed by atoms with van der Waals surface area (Å²) in [5, 5.41) is 4.58. The summed E-state index contributed by atoms with van der Waals surface area (Å²) in [6.45, 7) is 8.25. The van der Waals surface area contributed by atoms with Gasteiger partial charge in [-0.05, 0) is 47.7 Å². The summed E-state index contributed by atoms with van der Waals surface area (Å²) in [4.78, 5) is 24.7. The van der Waals surface area contributed by atoms with Crippen LogP contribution in [0.5, 0.6) is 5.75 Å². The first-order chi connectivity index (χ1) is 14.6. The Bertz CT molecular complexity index is 1040. The number of nitrogens with one attached hydrogen (secondary N) is 3. The smallest absolute Gasteiger partial charge is 0.357 e. The summed E-state index contributed by atoms with van der Waals surface area (Å²) in [6.07, 6.45) is 1.58. The van der Waals surface area contributed by atoms with Gasteiger partial charge in [0.15, 0.2) is 5.70 Å². The molecule has 1 heterocycles. The summed E-state index contributed by atoms with van der Waals surface area (Å²) in [5.74, 6) is -0.174. The maximum atomic E-state index is 13.0. The summed E-state index contributed by atoms with van der Waals surface area (Å²) >= 11 is 0. The fraction of sp³-hybridized carbons (Fsp3) is 0.304. The molecule has 0 saturated carbocycles. The Kier molecular flexibility index (Phi) is 6.21. The number of hydrogen-bond donors (Lipinski definition) is 3. The highest BCUT2D eigenvalue weighted by Gasteiger charge is 2.22. The number of ether oxygens (including phenoxy) is 2. The van der Waals surface area contributed by atoms with Gasteiger partial charge in [0.1, 0.15) is 5.75 Å². The highest BCUT2D eigenvalue weighted by molar-refractivity contribution is 6.05. The lowest BCUT2D eigenvalue weighted by atomic mass is 9.87. The number of rotatable bonds is 5. The lowest BCUT2D eigenvalue weighted by Crippen LogP contribution is -2.37. The van der Waals surface area contributed by atoms with E-state index in [0.717, 1.165) is 16.8 Å². The minimum Gasteiger partial charge on any atom is -0.495 e. The number of hydrogen-bond acceptors (Lipinski definition) is 7. The summed E-state index contributed by atoms with van der Waals surface area (Å²) in [7, 11) is 2.88. The van der Waals surface area contributed by atoms with E-state index < -0.39 is 5.97 Å². The van der Waals surface area contributed by atoms with Crippen molar-refractivity contribution in [3.05, 3.63) is 65.0 Å². The first-order valence-electron chi connectivity index (χ1n) is 9.85. The number of methoxy groups -OCH3 is 2. The van der Waals surface area contributed by atoms with Crippen molar-refractivity contribution >= 4 is 23.3 Å². The highest BCUT2D eigenvalue weighted by atomic mass is 16.5. The minimum atomic E-state index is -0.493. The number of carbonyl (C=O) groups excluding carboxylic acids is 2. The Morgan fingerprint density at radius 3 is 2.45 bits per heavy atom. The van der Waals surface area contributed by atoms with Crippen molar-refractivity contribution in [1.82, 2.24) is 11.0 Å². The molecule has 3 rings (SSSR count). The van der Waals surface area contributed by atoms with Gasteiger partial charge in [0.05, 0.1) is 31.8 Å². The van der Waals surface area contributed by atoms with Gasteiger partial charge in [-0.15, -0.1) is 5.53 Å². The van der Waals surface area contributed by atoms with Crippen molar-refractivity contribution < 1.29 is 19.1 Å². The quantitative estimate of drug-likeness (QED) is 0.634. The van der Waals surface area contributed by atoms with Crippen LogP contribution in [0.25, 0.3) is 0 Å². The Balaban J connectivity index is 1.88. The predicted molar refractivity (Wildman–Crippen MR) is 120 cm³/mol. The summed E-state index contributed by atoms with van der Waals surface area (Å²) in [6, 6.07) is 11.1. The monoisotopic (exact) mass is 424 g/mol. The van der Waals surface area contributed by atoms with E-state index in [-0.39, 0.29) is 17.0 Å². The number of benzene rings is 2. The molecule has 0 bridgehead atoms. The molecule has 2 aromatic rings. The largest absolute Gasteiger partial charge is 0.495 e. The van der Waals surface area contributed by atoms with Gasteiger partial charge in [0, 0.05) is 5.56 Å². The Morgan fingerprint density at radius 2 is 1.81 bits per heavy atom. The molecule has 31 heavy (non-hydrogen) atoms. The van der Waals surface area contributed by atoms with Crippen molar-refractivity contribution in [1.29, 1.82) is 0 Å². The van der Waals surface area contributed by atoms with E-state index in [9.17, 15) is 9.59 Å². The number of esters is 1. The normalized spacial score (nSPS) is 13.4. The molecular weight excluding hydrogens is 396 g/mol. The van der Waals surface area contributed by atoms with E-state index in [1.165, 1.54) is 7.11 Å². The van der Waals surface area contributed by atoms with E-state index >= 15 is 0 Å². The molecule has 1 amide bonds. The third-order valence-electron chi connectivity index (χ3n) is 5.02. The number of anilines is 2. The fourth-order valence-corrected chi connectivity index (χ4v) is 3.13. The van der Waals surface area contributed by atoms with Crippen molar-refractivity contribution in [2.24, 2.45) is 0 Å². The molecule has 2 aromatic carbocycles. The van der Waals surface area contributed by atoms with Gasteiger partial charge in [0.25, 0.3) is 5.91 Å². The predicted octanol–water partition coefficient (Wildman–Crippen LogP) is 3.40. The second-order valence-corrected chi connectivity index (χ2v) is 8.26. The first-order valence-corrected chi connectivity index (χ1v) is 9.85. The van der Waals surface area contributed by atoms with Gasteiger partial charge >= 0.3 is 5.97 Å². The highest BCUT2D eigenvalue weighted by Crippen LogP contribution is 2.32. The maximum absolute atomic E-state index is 13.0. The molecule has 164 valence electrons. The van der Waals surface area contributed by atoms with E-state index in [1.807, 2.05) is 31.2 Å². The lowest BCUT2D eigenvalue weighted by molar-refractivity contribution is -0.136. The Labute approximate surface area is 182 Å². The van der Waals surface area contributed by atoms with E-state index in [1.54, 1.807) is 30.5 Å². The molecule has 3 N–H and O–H groups in total. The van der Waals surface area contributed by atoms with E-state index in [0.29, 0.717) is 17.0 Å². The number of carbonyl (C=O) groups is 2. The van der Waals surface area contributed by atoms with Gasteiger partial charge < -0.3 is 14.8 Å². The van der Waals surface area contributed by atoms with Crippen LogP contribution in [0.4, 0.5) is 11.4 Å². The second kappa shape index (κ2) is 8.69. The van der Waals surface area contributed by atoms with E-state index in [4.69, 9.17) is 9.47 Å². The average molecular weight is 425 g/mol. The third kappa shape index (κ3) is 4.80. The molecule has 0 aromatic heterocycles. The standard InChI is InChI=1S/C23H28N4O4/c1-14-7-8-15(11-19(14)27-13-18(25-26-27)22(29)31-6)21(28)24-17-12-16(23(2,3)4)9-10-20(17)30-5/h7-13,25-26H,1-6H3,(H,24,28). The molecule has 1 aliphatic heterocycles. The second-order valence-electron chi connectivity index (χ2n) is 8.26. The maximum Gasteiger partial charge on any atom is 0.357 e. The van der Waals surface area contributed by atoms with Crippen molar-refractivity contribution in [3.8, 4) is 5.75 Å². The van der Waals surface area contributed by atoms with Crippen LogP contribution in [-0.2, 0) is 14.9 Å². The van der Waals surface area contributed by atoms with Crippen LogP contribution in [0.2, 0.25) is 0 Å². The van der Waals surface area contributed by atoms with Gasteiger partial charge in [-0.2, -0.15) is 0 Å². The number of nitrogens with zero attached hydrogens (tertiary/aromatic N) is 1.